The van der Waals surface area contributed by atoms with E-state index < -0.39 is 0 Å². The zero-order valence-electron chi connectivity index (χ0n) is 14.1. The molecule has 0 bridgehead atoms. The predicted molar refractivity (Wildman–Crippen MR) is 101 cm³/mol. The molecule has 27 heavy (non-hydrogen) atoms. The molecule has 0 aliphatic heterocycles. The van der Waals surface area contributed by atoms with Crippen molar-refractivity contribution in [2.75, 3.05) is 10.6 Å². The second-order valence-corrected chi connectivity index (χ2v) is 5.75. The number of halogens is 1. The van der Waals surface area contributed by atoms with Crippen molar-refractivity contribution in [1.82, 2.24) is 15.0 Å². The lowest BCUT2D eigenvalue weighted by molar-refractivity contribution is 0.102. The molecule has 4 aromatic rings. The van der Waals surface area contributed by atoms with Gasteiger partial charge in [-0.1, -0.05) is 18.2 Å². The van der Waals surface area contributed by atoms with E-state index in [9.17, 15) is 9.18 Å². The van der Waals surface area contributed by atoms with Gasteiger partial charge in [-0.05, 0) is 36.4 Å². The molecule has 2 aromatic heterocycles. The minimum Gasteiger partial charge on any atom is -0.339 e. The molecular formula is C20H14FN5O. The molecule has 0 aliphatic carbocycles. The lowest BCUT2D eigenvalue weighted by Crippen LogP contribution is -2.14. The van der Waals surface area contributed by atoms with Gasteiger partial charge in [0.15, 0.2) is 0 Å². The number of fused-ring (bicyclic) bond motifs is 1. The van der Waals surface area contributed by atoms with Crippen LogP contribution in [0.5, 0.6) is 0 Å². The molecule has 4 rings (SSSR count). The van der Waals surface area contributed by atoms with Gasteiger partial charge in [-0.3, -0.25) is 9.78 Å². The fraction of sp³-hybridized carbons (Fsp3) is 0. The van der Waals surface area contributed by atoms with Gasteiger partial charge >= 0.3 is 0 Å². The molecule has 0 aliphatic rings. The Balaban J connectivity index is 1.50. The Bertz CT molecular complexity index is 1090. The highest BCUT2D eigenvalue weighted by Gasteiger charge is 2.11. The molecule has 6 nitrogen and oxygen atoms in total. The first-order chi connectivity index (χ1) is 13.2. The maximum atomic E-state index is 12.9. The van der Waals surface area contributed by atoms with Gasteiger partial charge in [-0.15, -0.1) is 0 Å². The summed E-state index contributed by atoms with van der Waals surface area (Å²) in [4.78, 5) is 25.1. The first-order valence-corrected chi connectivity index (χ1v) is 8.19. The van der Waals surface area contributed by atoms with Crippen LogP contribution in [-0.2, 0) is 0 Å². The molecule has 0 spiro atoms. The molecule has 7 heteroatoms. The third-order valence-electron chi connectivity index (χ3n) is 3.88. The largest absolute Gasteiger partial charge is 0.339 e. The quantitative estimate of drug-likeness (QED) is 0.572. The van der Waals surface area contributed by atoms with Gasteiger partial charge in [0.2, 0.25) is 0 Å². The Morgan fingerprint density at radius 2 is 1.70 bits per heavy atom. The molecule has 0 saturated carbocycles. The van der Waals surface area contributed by atoms with Crippen LogP contribution in [0.25, 0.3) is 10.9 Å². The maximum absolute atomic E-state index is 12.9. The zero-order valence-corrected chi connectivity index (χ0v) is 14.1. The third kappa shape index (κ3) is 3.72. The molecule has 0 atom stereocenters. The predicted octanol–water partition coefficient (Wildman–Crippen LogP) is 4.16. The number of hydrogen-bond donors (Lipinski definition) is 2. The van der Waals surface area contributed by atoms with Crippen LogP contribution in [0, 0.1) is 5.82 Å². The monoisotopic (exact) mass is 359 g/mol. The Morgan fingerprint density at radius 1 is 0.889 bits per heavy atom. The lowest BCUT2D eigenvalue weighted by Gasteiger charge is -2.08. The van der Waals surface area contributed by atoms with Crippen LogP contribution in [-0.4, -0.2) is 20.9 Å². The van der Waals surface area contributed by atoms with Crippen LogP contribution in [0.4, 0.5) is 21.6 Å². The number of pyridine rings is 1. The van der Waals surface area contributed by atoms with E-state index in [1.54, 1.807) is 24.4 Å². The van der Waals surface area contributed by atoms with Crippen LogP contribution < -0.4 is 10.6 Å². The van der Waals surface area contributed by atoms with Gasteiger partial charge < -0.3 is 10.6 Å². The van der Waals surface area contributed by atoms with E-state index in [1.165, 1.54) is 24.5 Å². The first kappa shape index (κ1) is 16.6. The summed E-state index contributed by atoms with van der Waals surface area (Å²) in [5.41, 5.74) is 2.15. The van der Waals surface area contributed by atoms with Crippen molar-refractivity contribution in [3.8, 4) is 0 Å². The Hall–Kier alpha value is -3.87. The Morgan fingerprint density at radius 3 is 2.48 bits per heavy atom. The summed E-state index contributed by atoms with van der Waals surface area (Å²) >= 11 is 0. The van der Waals surface area contributed by atoms with Crippen molar-refractivity contribution < 1.29 is 9.18 Å². The van der Waals surface area contributed by atoms with Crippen LogP contribution >= 0.6 is 0 Å². The number of hydrogen-bond acceptors (Lipinski definition) is 5. The van der Waals surface area contributed by atoms with Crippen LogP contribution in [0.3, 0.4) is 0 Å². The van der Waals surface area contributed by atoms with Crippen molar-refractivity contribution in [3.63, 3.8) is 0 Å². The number of carbonyl (C=O) groups is 1. The van der Waals surface area contributed by atoms with Gasteiger partial charge in [0.05, 0.1) is 23.6 Å². The second kappa shape index (κ2) is 7.17. The zero-order chi connectivity index (χ0) is 18.6. The van der Waals surface area contributed by atoms with Crippen molar-refractivity contribution in [3.05, 3.63) is 84.7 Å². The van der Waals surface area contributed by atoms with Crippen molar-refractivity contribution in [2.24, 2.45) is 0 Å². The van der Waals surface area contributed by atoms with Gasteiger partial charge in [-0.25, -0.2) is 14.4 Å². The molecular weight excluding hydrogens is 345 g/mol. The summed E-state index contributed by atoms with van der Waals surface area (Å²) in [6.45, 7) is 0. The number of nitrogens with one attached hydrogen (secondary N) is 2. The molecule has 0 fully saturated rings. The number of nitrogens with zero attached hydrogens (tertiary/aromatic N) is 3. The van der Waals surface area contributed by atoms with E-state index in [4.69, 9.17) is 0 Å². The molecule has 2 N–H and O–H groups in total. The minimum atomic E-state index is -0.381. The number of amides is 1. The smallest absolute Gasteiger partial charge is 0.275 e. The normalized spacial score (nSPS) is 10.6. The molecule has 2 aromatic carbocycles. The van der Waals surface area contributed by atoms with Crippen LogP contribution in [0.1, 0.15) is 10.5 Å². The van der Waals surface area contributed by atoms with Gasteiger partial charge in [0.25, 0.3) is 5.91 Å². The fourth-order valence-corrected chi connectivity index (χ4v) is 2.58. The van der Waals surface area contributed by atoms with Gasteiger partial charge in [0, 0.05) is 17.3 Å². The van der Waals surface area contributed by atoms with E-state index in [-0.39, 0.29) is 17.4 Å². The van der Waals surface area contributed by atoms with Crippen molar-refractivity contribution in [1.29, 1.82) is 0 Å². The summed E-state index contributed by atoms with van der Waals surface area (Å²) in [6.07, 6.45) is 4.49. The van der Waals surface area contributed by atoms with E-state index in [0.717, 1.165) is 5.39 Å². The molecule has 2 heterocycles. The molecule has 132 valence electrons. The topological polar surface area (TPSA) is 79.8 Å². The van der Waals surface area contributed by atoms with Crippen LogP contribution in [0.2, 0.25) is 0 Å². The standard InChI is InChI=1S/C20H14FN5O/c21-14-6-8-15(9-7-14)25-18-12-23-17(11-24-18)20(27)26-16-5-1-3-13-4-2-10-22-19(13)16/h1-12H,(H,24,25)(H,26,27). The SMILES string of the molecule is O=C(Nc1cccc2cccnc12)c1cnc(Nc2ccc(F)cc2)cn1. The lowest BCUT2D eigenvalue weighted by atomic mass is 10.2. The van der Waals surface area contributed by atoms with Crippen molar-refractivity contribution >= 4 is 34.0 Å². The Labute approximate surface area is 154 Å². The number of para-hydroxylation sites is 1. The average molecular weight is 359 g/mol. The summed E-state index contributed by atoms with van der Waals surface area (Å²) in [7, 11) is 0. The fourth-order valence-electron chi connectivity index (χ4n) is 2.58. The maximum Gasteiger partial charge on any atom is 0.275 e. The van der Waals surface area contributed by atoms with Crippen LogP contribution in [0.15, 0.2) is 73.2 Å². The number of rotatable bonds is 4. The van der Waals surface area contributed by atoms with E-state index in [1.807, 2.05) is 24.3 Å². The summed E-state index contributed by atoms with van der Waals surface area (Å²) in [5, 5.41) is 6.73. The number of carbonyl (C=O) groups excluding carboxylic acids is 1. The molecule has 1 amide bonds. The highest BCUT2D eigenvalue weighted by Crippen LogP contribution is 2.21. The first-order valence-electron chi connectivity index (χ1n) is 8.19. The molecule has 0 unspecified atom stereocenters. The van der Waals surface area contributed by atoms with Gasteiger partial charge in [0.1, 0.15) is 17.3 Å². The highest BCUT2D eigenvalue weighted by molar-refractivity contribution is 6.07. The van der Waals surface area contributed by atoms with E-state index in [0.29, 0.717) is 22.7 Å². The Kier molecular flexibility index (Phi) is 4.40. The minimum absolute atomic E-state index is 0.174. The van der Waals surface area contributed by atoms with E-state index >= 15 is 0 Å². The van der Waals surface area contributed by atoms with Crippen molar-refractivity contribution in [2.45, 2.75) is 0 Å². The second-order valence-electron chi connectivity index (χ2n) is 5.75. The summed E-state index contributed by atoms with van der Waals surface area (Å²) in [5.74, 6) is -0.249. The molecule has 0 radical (unpaired) electrons. The number of benzene rings is 2. The number of aromatic nitrogens is 3. The number of anilines is 3. The third-order valence-corrected chi connectivity index (χ3v) is 3.88. The highest BCUT2D eigenvalue weighted by atomic mass is 19.1. The summed E-state index contributed by atoms with van der Waals surface area (Å²) < 4.78 is 12.9. The average Bonchev–Trinajstić information content (AvgIpc) is 2.70. The summed E-state index contributed by atoms with van der Waals surface area (Å²) in [6, 6.07) is 15.2. The van der Waals surface area contributed by atoms with E-state index in [2.05, 4.69) is 25.6 Å². The van der Waals surface area contributed by atoms with Gasteiger partial charge in [-0.2, -0.15) is 0 Å². The molecule has 0 saturated heterocycles.